The number of hydrogen-bond donors (Lipinski definition) is 1. The zero-order valence-electron chi connectivity index (χ0n) is 11.3. The predicted molar refractivity (Wildman–Crippen MR) is 77.4 cm³/mol. The normalized spacial score (nSPS) is 12.7. The summed E-state index contributed by atoms with van der Waals surface area (Å²) >= 11 is 3.09. The van der Waals surface area contributed by atoms with Crippen LogP contribution in [0.3, 0.4) is 0 Å². The van der Waals surface area contributed by atoms with E-state index in [2.05, 4.69) is 26.2 Å². The molecule has 0 fully saturated rings. The van der Waals surface area contributed by atoms with Crippen LogP contribution in [0.5, 0.6) is 0 Å². The number of nitrogens with zero attached hydrogens (tertiary/aromatic N) is 2. The van der Waals surface area contributed by atoms with E-state index in [0.717, 1.165) is 5.82 Å². The van der Waals surface area contributed by atoms with Gasteiger partial charge in [-0.25, -0.2) is 13.8 Å². The number of imidazole rings is 1. The highest BCUT2D eigenvalue weighted by Gasteiger charge is 2.22. The zero-order chi connectivity index (χ0) is 14.7. The quantitative estimate of drug-likeness (QED) is 0.902. The van der Waals surface area contributed by atoms with Crippen LogP contribution in [0.25, 0.3) is 0 Å². The first-order valence-electron chi connectivity index (χ1n) is 6.37. The minimum absolute atomic E-state index is 0.0538. The lowest BCUT2D eigenvalue weighted by Gasteiger charge is -2.19. The molecule has 0 saturated heterocycles. The van der Waals surface area contributed by atoms with Gasteiger partial charge in [0, 0.05) is 41.9 Å². The maximum absolute atomic E-state index is 14.1. The lowest BCUT2D eigenvalue weighted by molar-refractivity contribution is 0.463. The third-order valence-electron chi connectivity index (χ3n) is 3.15. The van der Waals surface area contributed by atoms with E-state index in [1.807, 2.05) is 24.7 Å². The van der Waals surface area contributed by atoms with E-state index < -0.39 is 17.7 Å². The van der Waals surface area contributed by atoms with Crippen molar-refractivity contribution < 1.29 is 8.78 Å². The number of halogens is 3. The molecule has 0 aliphatic heterocycles. The lowest BCUT2D eigenvalue weighted by atomic mass is 10.0. The molecule has 2 aromatic rings. The van der Waals surface area contributed by atoms with Crippen molar-refractivity contribution in [3.05, 3.63) is 52.0 Å². The van der Waals surface area contributed by atoms with E-state index in [-0.39, 0.29) is 5.56 Å². The molecule has 1 atom stereocenters. The highest BCUT2D eigenvalue weighted by molar-refractivity contribution is 9.10. The summed E-state index contributed by atoms with van der Waals surface area (Å²) in [5.74, 6) is -0.341. The maximum Gasteiger partial charge on any atom is 0.132 e. The van der Waals surface area contributed by atoms with E-state index in [1.54, 1.807) is 6.20 Å². The van der Waals surface area contributed by atoms with Crippen molar-refractivity contribution >= 4 is 15.9 Å². The largest absolute Gasteiger partial charge is 0.338 e. The molecule has 1 unspecified atom stereocenters. The number of rotatable bonds is 5. The minimum Gasteiger partial charge on any atom is -0.338 e. The van der Waals surface area contributed by atoms with Crippen LogP contribution in [-0.4, -0.2) is 16.1 Å². The predicted octanol–water partition coefficient (Wildman–Crippen LogP) is 3.35. The summed E-state index contributed by atoms with van der Waals surface area (Å²) in [6.07, 6.45) is 3.91. The van der Waals surface area contributed by atoms with Gasteiger partial charge >= 0.3 is 0 Å². The van der Waals surface area contributed by atoms with Crippen molar-refractivity contribution in [2.75, 3.05) is 6.54 Å². The average molecular weight is 344 g/mol. The third-order valence-corrected chi connectivity index (χ3v) is 3.61. The topological polar surface area (TPSA) is 29.9 Å². The van der Waals surface area contributed by atoms with E-state index >= 15 is 0 Å². The van der Waals surface area contributed by atoms with Crippen LogP contribution in [0.2, 0.25) is 0 Å². The van der Waals surface area contributed by atoms with Gasteiger partial charge < -0.3 is 9.88 Å². The smallest absolute Gasteiger partial charge is 0.132 e. The van der Waals surface area contributed by atoms with Gasteiger partial charge in [-0.3, -0.25) is 0 Å². The molecule has 3 nitrogen and oxygen atoms in total. The Kier molecular flexibility index (Phi) is 4.88. The van der Waals surface area contributed by atoms with Crippen LogP contribution in [0.15, 0.2) is 29.0 Å². The first-order chi connectivity index (χ1) is 9.52. The van der Waals surface area contributed by atoms with Gasteiger partial charge in [-0.1, -0.05) is 22.9 Å². The number of hydrogen-bond acceptors (Lipinski definition) is 2. The summed E-state index contributed by atoms with van der Waals surface area (Å²) in [5, 5.41) is 3.12. The van der Waals surface area contributed by atoms with Crippen LogP contribution in [0.1, 0.15) is 24.4 Å². The average Bonchev–Trinajstić information content (AvgIpc) is 2.74. The van der Waals surface area contributed by atoms with Gasteiger partial charge in [-0.2, -0.15) is 0 Å². The van der Waals surface area contributed by atoms with Gasteiger partial charge in [-0.05, 0) is 18.7 Å². The second-order valence-corrected chi connectivity index (χ2v) is 5.47. The molecule has 0 spiro atoms. The molecular weight excluding hydrogens is 328 g/mol. The van der Waals surface area contributed by atoms with Crippen LogP contribution >= 0.6 is 15.9 Å². The number of nitrogens with one attached hydrogen (secondary N) is 1. The lowest BCUT2D eigenvalue weighted by Crippen LogP contribution is -2.26. The maximum atomic E-state index is 14.1. The highest BCUT2D eigenvalue weighted by atomic mass is 79.9. The van der Waals surface area contributed by atoms with Gasteiger partial charge in [0.25, 0.3) is 0 Å². The van der Waals surface area contributed by atoms with Crippen LogP contribution in [-0.2, 0) is 13.5 Å². The summed E-state index contributed by atoms with van der Waals surface area (Å²) in [7, 11) is 1.86. The van der Waals surface area contributed by atoms with Gasteiger partial charge in [0.15, 0.2) is 0 Å². The van der Waals surface area contributed by atoms with Gasteiger partial charge in [0.1, 0.15) is 17.5 Å². The molecule has 1 aromatic carbocycles. The molecule has 1 N–H and O–H groups in total. The molecule has 6 heteroatoms. The summed E-state index contributed by atoms with van der Waals surface area (Å²) in [6, 6.07) is 2.11. The molecule has 0 amide bonds. The fourth-order valence-electron chi connectivity index (χ4n) is 2.18. The molecule has 0 saturated carbocycles. The van der Waals surface area contributed by atoms with Crippen LogP contribution in [0.4, 0.5) is 8.78 Å². The van der Waals surface area contributed by atoms with Crippen molar-refractivity contribution in [3.8, 4) is 0 Å². The Balaban J connectivity index is 2.36. The second kappa shape index (κ2) is 6.45. The standard InChI is InChI=1S/C14H16BrF2N3/c1-3-18-12(8-13-19-4-5-20(13)2)14-10(16)6-9(15)7-11(14)17/h4-7,12,18H,3,8H2,1-2H3. The second-order valence-electron chi connectivity index (χ2n) is 4.55. The molecule has 108 valence electrons. The van der Waals surface area contributed by atoms with Gasteiger partial charge in [0.2, 0.25) is 0 Å². The number of aromatic nitrogens is 2. The van der Waals surface area contributed by atoms with E-state index in [4.69, 9.17) is 0 Å². The molecule has 0 bridgehead atoms. The highest BCUT2D eigenvalue weighted by Crippen LogP contribution is 2.27. The molecule has 2 rings (SSSR count). The molecular formula is C14H16BrF2N3. The van der Waals surface area contributed by atoms with Gasteiger partial charge in [-0.15, -0.1) is 0 Å². The van der Waals surface area contributed by atoms with Crippen molar-refractivity contribution in [1.29, 1.82) is 0 Å². The Morgan fingerprint density at radius 3 is 2.50 bits per heavy atom. The van der Waals surface area contributed by atoms with E-state index in [0.29, 0.717) is 17.4 Å². The first-order valence-corrected chi connectivity index (χ1v) is 7.16. The molecule has 0 aliphatic carbocycles. The van der Waals surface area contributed by atoms with Crippen LogP contribution < -0.4 is 5.32 Å². The van der Waals surface area contributed by atoms with E-state index in [9.17, 15) is 8.78 Å². The number of benzene rings is 1. The Hall–Kier alpha value is -1.27. The summed E-state index contributed by atoms with van der Waals surface area (Å²) in [4.78, 5) is 4.21. The zero-order valence-corrected chi connectivity index (χ0v) is 12.9. The molecule has 0 radical (unpaired) electrons. The molecule has 0 aliphatic rings. The summed E-state index contributed by atoms with van der Waals surface area (Å²) in [5.41, 5.74) is 0.0538. The molecule has 1 aromatic heterocycles. The van der Waals surface area contributed by atoms with Crippen molar-refractivity contribution in [2.45, 2.75) is 19.4 Å². The Morgan fingerprint density at radius 1 is 1.35 bits per heavy atom. The molecule has 1 heterocycles. The summed E-state index contributed by atoms with van der Waals surface area (Å²) < 4.78 is 30.4. The van der Waals surface area contributed by atoms with Crippen LogP contribution in [0, 0.1) is 11.6 Å². The van der Waals surface area contributed by atoms with Gasteiger partial charge in [0.05, 0.1) is 0 Å². The minimum atomic E-state index is -0.558. The van der Waals surface area contributed by atoms with Crippen molar-refractivity contribution in [1.82, 2.24) is 14.9 Å². The Morgan fingerprint density at radius 2 is 2.00 bits per heavy atom. The number of aryl methyl sites for hydroxylation is 1. The van der Waals surface area contributed by atoms with E-state index in [1.165, 1.54) is 12.1 Å². The number of likely N-dealkylation sites (N-methyl/N-ethyl adjacent to an activating group) is 1. The fraction of sp³-hybridized carbons (Fsp3) is 0.357. The Bertz CT molecular complexity index is 575. The van der Waals surface area contributed by atoms with Crippen molar-refractivity contribution in [3.63, 3.8) is 0 Å². The van der Waals surface area contributed by atoms with Crippen molar-refractivity contribution in [2.24, 2.45) is 7.05 Å². The monoisotopic (exact) mass is 343 g/mol. The first kappa shape index (κ1) is 15.1. The summed E-state index contributed by atoms with van der Waals surface area (Å²) in [6.45, 7) is 2.52. The Labute approximate surface area is 125 Å². The fourth-order valence-corrected chi connectivity index (χ4v) is 2.59. The SMILES string of the molecule is CCNC(Cc1nccn1C)c1c(F)cc(Br)cc1F. The molecule has 20 heavy (non-hydrogen) atoms. The third kappa shape index (κ3) is 3.24.